The van der Waals surface area contributed by atoms with E-state index in [-0.39, 0.29) is 35.4 Å². The lowest BCUT2D eigenvalue weighted by Gasteiger charge is -2.13. The van der Waals surface area contributed by atoms with Gasteiger partial charge < -0.3 is 19.5 Å². The first-order valence-electron chi connectivity index (χ1n) is 7.77. The second-order valence-electron chi connectivity index (χ2n) is 5.57. The maximum Gasteiger partial charge on any atom is 0.338 e. The SMILES string of the molecule is COC(=O)c1cc(OCC(=O)NC2CCCC2)cc(C(=O)OC)c1. The van der Waals surface area contributed by atoms with Gasteiger partial charge in [-0.1, -0.05) is 12.8 Å². The Morgan fingerprint density at radius 2 is 1.54 bits per heavy atom. The van der Waals surface area contributed by atoms with Crippen molar-refractivity contribution in [3.63, 3.8) is 0 Å². The minimum atomic E-state index is -0.610. The molecule has 0 saturated heterocycles. The summed E-state index contributed by atoms with van der Waals surface area (Å²) in [6.45, 7) is -0.193. The molecule has 0 heterocycles. The highest BCUT2D eigenvalue weighted by Gasteiger charge is 2.18. The van der Waals surface area contributed by atoms with Gasteiger partial charge in [0.25, 0.3) is 5.91 Å². The van der Waals surface area contributed by atoms with Crippen LogP contribution in [0.5, 0.6) is 5.75 Å². The first kappa shape index (κ1) is 17.8. The number of hydrogen-bond donors (Lipinski definition) is 1. The Kier molecular flexibility index (Phi) is 6.17. The maximum absolute atomic E-state index is 11.9. The zero-order valence-corrected chi connectivity index (χ0v) is 13.8. The molecule has 1 aromatic rings. The molecule has 7 heteroatoms. The zero-order chi connectivity index (χ0) is 17.5. The summed E-state index contributed by atoms with van der Waals surface area (Å²) in [6, 6.07) is 4.39. The highest BCUT2D eigenvalue weighted by atomic mass is 16.5. The van der Waals surface area contributed by atoms with Crippen molar-refractivity contribution >= 4 is 17.8 Å². The number of carbonyl (C=O) groups excluding carboxylic acids is 3. The number of benzene rings is 1. The summed E-state index contributed by atoms with van der Waals surface area (Å²) in [5, 5.41) is 2.90. The molecule has 0 atom stereocenters. The van der Waals surface area contributed by atoms with E-state index >= 15 is 0 Å². The lowest BCUT2D eigenvalue weighted by Crippen LogP contribution is -2.36. The third-order valence-corrected chi connectivity index (χ3v) is 3.84. The summed E-state index contributed by atoms with van der Waals surface area (Å²) < 4.78 is 14.7. The van der Waals surface area contributed by atoms with Crippen LogP contribution in [0.3, 0.4) is 0 Å². The molecule has 1 amide bonds. The van der Waals surface area contributed by atoms with Gasteiger partial charge in [0.05, 0.1) is 25.3 Å². The molecule has 0 unspecified atom stereocenters. The van der Waals surface area contributed by atoms with Crippen LogP contribution in [0.2, 0.25) is 0 Å². The van der Waals surface area contributed by atoms with Crippen LogP contribution < -0.4 is 10.1 Å². The van der Waals surface area contributed by atoms with Gasteiger partial charge in [-0.05, 0) is 31.0 Å². The first-order valence-corrected chi connectivity index (χ1v) is 7.77. The van der Waals surface area contributed by atoms with E-state index in [1.165, 1.54) is 32.4 Å². The largest absolute Gasteiger partial charge is 0.484 e. The molecule has 130 valence electrons. The number of amides is 1. The fraction of sp³-hybridized carbons (Fsp3) is 0.471. The molecule has 1 aliphatic carbocycles. The van der Waals surface area contributed by atoms with E-state index in [4.69, 9.17) is 4.74 Å². The fourth-order valence-electron chi connectivity index (χ4n) is 2.64. The Balaban J connectivity index is 2.05. The van der Waals surface area contributed by atoms with Crippen LogP contribution in [0.4, 0.5) is 0 Å². The predicted octanol–water partition coefficient (Wildman–Crippen LogP) is 1.70. The van der Waals surface area contributed by atoms with Crippen molar-refractivity contribution < 1.29 is 28.6 Å². The standard InChI is InChI=1S/C17H21NO6/c1-22-16(20)11-7-12(17(21)23-2)9-14(8-11)24-10-15(19)18-13-5-3-4-6-13/h7-9,13H,3-6,10H2,1-2H3,(H,18,19). The highest BCUT2D eigenvalue weighted by Crippen LogP contribution is 2.20. The van der Waals surface area contributed by atoms with Gasteiger partial charge >= 0.3 is 11.9 Å². The van der Waals surface area contributed by atoms with Gasteiger partial charge in [-0.3, -0.25) is 4.79 Å². The van der Waals surface area contributed by atoms with Crippen LogP contribution in [0.1, 0.15) is 46.4 Å². The Hall–Kier alpha value is -2.57. The van der Waals surface area contributed by atoms with Crippen LogP contribution >= 0.6 is 0 Å². The zero-order valence-electron chi connectivity index (χ0n) is 13.8. The second-order valence-corrected chi connectivity index (χ2v) is 5.57. The van der Waals surface area contributed by atoms with Gasteiger partial charge in [-0.15, -0.1) is 0 Å². The van der Waals surface area contributed by atoms with E-state index < -0.39 is 11.9 Å². The molecular formula is C17H21NO6. The van der Waals surface area contributed by atoms with Crippen molar-refractivity contribution in [2.24, 2.45) is 0 Å². The van der Waals surface area contributed by atoms with Gasteiger partial charge in [0, 0.05) is 6.04 Å². The quantitative estimate of drug-likeness (QED) is 0.796. The minimum Gasteiger partial charge on any atom is -0.484 e. The first-order chi connectivity index (χ1) is 11.5. The molecule has 7 nitrogen and oxygen atoms in total. The smallest absolute Gasteiger partial charge is 0.338 e. The Morgan fingerprint density at radius 1 is 1.00 bits per heavy atom. The summed E-state index contributed by atoms with van der Waals surface area (Å²) in [7, 11) is 2.48. The number of ether oxygens (including phenoxy) is 3. The average Bonchev–Trinajstić information content (AvgIpc) is 3.11. The lowest BCUT2D eigenvalue weighted by atomic mass is 10.1. The summed E-state index contributed by atoms with van der Waals surface area (Å²) in [5.74, 6) is -1.23. The molecule has 0 aromatic heterocycles. The summed E-state index contributed by atoms with van der Waals surface area (Å²) in [6.07, 6.45) is 4.21. The van der Waals surface area contributed by atoms with Crippen molar-refractivity contribution in [3.8, 4) is 5.75 Å². The van der Waals surface area contributed by atoms with Crippen LogP contribution in [-0.4, -0.2) is 44.7 Å². The Bertz CT molecular complexity index is 587. The molecule has 1 fully saturated rings. The third kappa shape index (κ3) is 4.71. The molecular weight excluding hydrogens is 314 g/mol. The second kappa shape index (κ2) is 8.33. The molecule has 0 radical (unpaired) electrons. The van der Waals surface area contributed by atoms with Crippen LogP contribution in [0.15, 0.2) is 18.2 Å². The van der Waals surface area contributed by atoms with Gasteiger partial charge in [0.15, 0.2) is 6.61 Å². The number of nitrogens with one attached hydrogen (secondary N) is 1. The van der Waals surface area contributed by atoms with E-state index in [1.54, 1.807) is 0 Å². The van der Waals surface area contributed by atoms with Crippen molar-refractivity contribution in [2.75, 3.05) is 20.8 Å². The Morgan fingerprint density at radius 3 is 2.04 bits per heavy atom. The number of rotatable bonds is 6. The van der Waals surface area contributed by atoms with Crippen molar-refractivity contribution in [3.05, 3.63) is 29.3 Å². The molecule has 1 saturated carbocycles. The monoisotopic (exact) mass is 335 g/mol. The van der Waals surface area contributed by atoms with E-state index in [0.717, 1.165) is 25.7 Å². The number of methoxy groups -OCH3 is 2. The molecule has 0 aliphatic heterocycles. The summed E-state index contributed by atoms with van der Waals surface area (Å²) in [4.78, 5) is 35.3. The highest BCUT2D eigenvalue weighted by molar-refractivity contribution is 5.96. The van der Waals surface area contributed by atoms with E-state index in [0.29, 0.717) is 0 Å². The fourth-order valence-corrected chi connectivity index (χ4v) is 2.64. The molecule has 1 aliphatic rings. The summed E-state index contributed by atoms with van der Waals surface area (Å²) >= 11 is 0. The van der Waals surface area contributed by atoms with E-state index in [1.807, 2.05) is 0 Å². The van der Waals surface area contributed by atoms with Crippen molar-refractivity contribution in [1.29, 1.82) is 0 Å². The number of hydrogen-bond acceptors (Lipinski definition) is 6. The molecule has 0 bridgehead atoms. The molecule has 0 spiro atoms. The van der Waals surface area contributed by atoms with Crippen LogP contribution in [0.25, 0.3) is 0 Å². The maximum atomic E-state index is 11.9. The topological polar surface area (TPSA) is 90.9 Å². The minimum absolute atomic E-state index is 0.145. The van der Waals surface area contributed by atoms with Gasteiger partial charge in [-0.25, -0.2) is 9.59 Å². The molecule has 2 rings (SSSR count). The van der Waals surface area contributed by atoms with E-state index in [2.05, 4.69) is 14.8 Å². The van der Waals surface area contributed by atoms with Crippen LogP contribution in [0, 0.1) is 0 Å². The normalized spacial score (nSPS) is 14.1. The van der Waals surface area contributed by atoms with Gasteiger partial charge in [0.2, 0.25) is 0 Å². The number of carbonyl (C=O) groups is 3. The average molecular weight is 335 g/mol. The van der Waals surface area contributed by atoms with Gasteiger partial charge in [-0.2, -0.15) is 0 Å². The summed E-state index contributed by atoms with van der Waals surface area (Å²) in [5.41, 5.74) is 0.290. The third-order valence-electron chi connectivity index (χ3n) is 3.84. The van der Waals surface area contributed by atoms with Crippen LogP contribution in [-0.2, 0) is 14.3 Å². The van der Waals surface area contributed by atoms with Crippen molar-refractivity contribution in [2.45, 2.75) is 31.7 Å². The number of esters is 2. The molecule has 1 aromatic carbocycles. The van der Waals surface area contributed by atoms with E-state index in [9.17, 15) is 14.4 Å². The van der Waals surface area contributed by atoms with Gasteiger partial charge in [0.1, 0.15) is 5.75 Å². The lowest BCUT2D eigenvalue weighted by molar-refractivity contribution is -0.123. The predicted molar refractivity (Wildman–Crippen MR) is 85.0 cm³/mol. The molecule has 24 heavy (non-hydrogen) atoms. The molecule has 1 N–H and O–H groups in total. The van der Waals surface area contributed by atoms with Crippen molar-refractivity contribution in [1.82, 2.24) is 5.32 Å². The Labute approximate surface area is 140 Å².